The molecule has 0 aromatic heterocycles. The van der Waals surface area contributed by atoms with Gasteiger partial charge in [0.25, 0.3) is 0 Å². The number of phenols is 2. The fourth-order valence-corrected chi connectivity index (χ4v) is 1.86. The summed E-state index contributed by atoms with van der Waals surface area (Å²) in [6.45, 7) is 2.10. The first kappa shape index (κ1) is 28.5. The van der Waals surface area contributed by atoms with Gasteiger partial charge in [-0.1, -0.05) is 24.3 Å². The van der Waals surface area contributed by atoms with Gasteiger partial charge in [-0.25, -0.2) is 0 Å². The predicted molar refractivity (Wildman–Crippen MR) is 107 cm³/mol. The van der Waals surface area contributed by atoms with Gasteiger partial charge < -0.3 is 20.4 Å². The van der Waals surface area contributed by atoms with Crippen LogP contribution in [-0.2, 0) is 34.1 Å². The van der Waals surface area contributed by atoms with Crippen molar-refractivity contribution in [3.8, 4) is 11.5 Å². The van der Waals surface area contributed by atoms with E-state index in [0.717, 1.165) is 24.0 Å². The van der Waals surface area contributed by atoms with Crippen LogP contribution in [0.1, 0.15) is 24.0 Å². The van der Waals surface area contributed by atoms with Crippen molar-refractivity contribution in [3.63, 3.8) is 0 Å². The Kier molecular flexibility index (Phi) is 19.1. The summed E-state index contributed by atoms with van der Waals surface area (Å²) in [5.74, 6) is 0.495. The van der Waals surface area contributed by atoms with Gasteiger partial charge in [0, 0.05) is 83.6 Å². The molecule has 28 heavy (non-hydrogen) atoms. The molecule has 0 fully saturated rings. The zero-order valence-corrected chi connectivity index (χ0v) is 17.3. The van der Waals surface area contributed by atoms with Gasteiger partial charge in [0.1, 0.15) is 24.7 Å². The zero-order valence-electron chi connectivity index (χ0n) is 15.4. The SMILES string of the molecule is Oc1ccccc1C=NCCC[OH2+].Oc1ccccc1C=NCCC[OH2+].[Cu].[Cu]. The quantitative estimate of drug-likeness (QED) is 0.256. The van der Waals surface area contributed by atoms with E-state index < -0.39 is 0 Å². The molecule has 2 rings (SSSR count). The van der Waals surface area contributed by atoms with Gasteiger partial charge in [0.05, 0.1) is 0 Å². The summed E-state index contributed by atoms with van der Waals surface area (Å²) in [6.07, 6.45) is 4.82. The molecule has 0 saturated carbocycles. The summed E-state index contributed by atoms with van der Waals surface area (Å²) >= 11 is 0. The van der Waals surface area contributed by atoms with Crippen molar-refractivity contribution < 1.29 is 54.6 Å². The van der Waals surface area contributed by atoms with Crippen molar-refractivity contribution in [2.24, 2.45) is 9.98 Å². The van der Waals surface area contributed by atoms with Crippen LogP contribution in [0.2, 0.25) is 0 Å². The zero-order chi connectivity index (χ0) is 19.0. The van der Waals surface area contributed by atoms with Crippen molar-refractivity contribution in [1.82, 2.24) is 0 Å². The molecule has 0 aliphatic carbocycles. The summed E-state index contributed by atoms with van der Waals surface area (Å²) in [7, 11) is 0. The van der Waals surface area contributed by atoms with E-state index in [1.54, 1.807) is 48.8 Å². The Morgan fingerprint density at radius 1 is 0.679 bits per heavy atom. The molecule has 6 N–H and O–H groups in total. The average Bonchev–Trinajstić information content (AvgIpc) is 2.66. The molecule has 0 aliphatic heterocycles. The fraction of sp³-hybridized carbons (Fsp3) is 0.300. The number of para-hydroxylation sites is 2. The van der Waals surface area contributed by atoms with E-state index in [2.05, 4.69) is 9.98 Å². The van der Waals surface area contributed by atoms with Gasteiger partial charge in [0.15, 0.2) is 0 Å². The number of benzene rings is 2. The van der Waals surface area contributed by atoms with Crippen LogP contribution in [0.5, 0.6) is 11.5 Å². The number of aliphatic imine (C=N–C) groups is 2. The van der Waals surface area contributed by atoms with E-state index in [1.165, 1.54) is 0 Å². The third-order valence-electron chi connectivity index (χ3n) is 3.26. The van der Waals surface area contributed by atoms with Crippen LogP contribution < -0.4 is 0 Å². The van der Waals surface area contributed by atoms with Gasteiger partial charge in [-0.05, 0) is 24.3 Å². The van der Waals surface area contributed by atoms with Crippen LogP contribution in [0.3, 0.4) is 0 Å². The second-order valence-corrected chi connectivity index (χ2v) is 5.40. The minimum atomic E-state index is 0. The van der Waals surface area contributed by atoms with E-state index in [9.17, 15) is 10.2 Å². The largest absolute Gasteiger partial charge is 0.507 e. The van der Waals surface area contributed by atoms with E-state index in [4.69, 9.17) is 10.2 Å². The number of aromatic hydroxyl groups is 2. The third kappa shape index (κ3) is 12.7. The second kappa shape index (κ2) is 18.7. The monoisotopic (exact) mass is 486 g/mol. The van der Waals surface area contributed by atoms with Crippen molar-refractivity contribution >= 4 is 12.4 Å². The normalized spacial score (nSPS) is 10.1. The summed E-state index contributed by atoms with van der Waals surface area (Å²) < 4.78 is 0. The van der Waals surface area contributed by atoms with Gasteiger partial charge in [-0.2, -0.15) is 0 Å². The Hall–Kier alpha value is -1.66. The first-order chi connectivity index (χ1) is 12.7. The number of nitrogens with zero attached hydrogens (tertiary/aromatic N) is 2. The van der Waals surface area contributed by atoms with Crippen LogP contribution in [0.15, 0.2) is 58.5 Å². The summed E-state index contributed by atoms with van der Waals surface area (Å²) in [5, 5.41) is 32.5. The Morgan fingerprint density at radius 2 is 1.04 bits per heavy atom. The number of rotatable bonds is 8. The Morgan fingerprint density at radius 3 is 1.36 bits per heavy atom. The van der Waals surface area contributed by atoms with E-state index in [1.807, 2.05) is 12.1 Å². The summed E-state index contributed by atoms with van der Waals surface area (Å²) in [4.78, 5) is 8.17. The summed E-state index contributed by atoms with van der Waals surface area (Å²) in [5.41, 5.74) is 1.46. The Bertz CT molecular complexity index is 638. The van der Waals surface area contributed by atoms with Crippen molar-refractivity contribution in [3.05, 3.63) is 59.7 Å². The smallest absolute Gasteiger partial charge is 0.145 e. The molecule has 0 aliphatic rings. The van der Waals surface area contributed by atoms with Crippen LogP contribution in [-0.4, -0.2) is 59.2 Å². The van der Waals surface area contributed by atoms with Crippen LogP contribution >= 0.6 is 0 Å². The standard InChI is InChI=1S/2C10H13NO2.2Cu/c2*12-7-3-6-11-8-9-4-1-2-5-10(9)13;;/h2*1-2,4-5,8,12-13H,3,6-7H2;;/p+2. The molecule has 0 unspecified atom stereocenters. The maximum absolute atomic E-state index is 9.34. The molecule has 162 valence electrons. The van der Waals surface area contributed by atoms with Crippen LogP contribution in [0.4, 0.5) is 0 Å². The van der Waals surface area contributed by atoms with E-state index in [0.29, 0.717) is 26.3 Å². The Labute approximate surface area is 187 Å². The number of hydrogen-bond donors (Lipinski definition) is 2. The maximum Gasteiger partial charge on any atom is 0.145 e. The molecule has 8 heteroatoms. The topological polar surface area (TPSA) is 111 Å². The van der Waals surface area contributed by atoms with Gasteiger partial charge >= 0.3 is 0 Å². The molecule has 0 saturated heterocycles. The minimum absolute atomic E-state index is 0. The molecular weight excluding hydrogens is 459 g/mol. The molecule has 0 bridgehead atoms. The molecule has 2 radical (unpaired) electrons. The summed E-state index contributed by atoms with van der Waals surface area (Å²) in [6, 6.07) is 14.1. The maximum atomic E-state index is 9.34. The molecule has 6 nitrogen and oxygen atoms in total. The third-order valence-corrected chi connectivity index (χ3v) is 3.26. The first-order valence-corrected chi connectivity index (χ1v) is 8.54. The molecule has 0 spiro atoms. The van der Waals surface area contributed by atoms with Crippen molar-refractivity contribution in [1.29, 1.82) is 0 Å². The fourth-order valence-electron chi connectivity index (χ4n) is 1.86. The van der Waals surface area contributed by atoms with Crippen molar-refractivity contribution in [2.75, 3.05) is 26.3 Å². The van der Waals surface area contributed by atoms with E-state index in [-0.39, 0.29) is 45.6 Å². The number of phenolic OH excluding ortho intramolecular Hbond substituents is 2. The van der Waals surface area contributed by atoms with Crippen molar-refractivity contribution in [2.45, 2.75) is 12.8 Å². The van der Waals surface area contributed by atoms with Gasteiger partial charge in [0.2, 0.25) is 0 Å². The van der Waals surface area contributed by atoms with Crippen LogP contribution in [0, 0.1) is 0 Å². The first-order valence-electron chi connectivity index (χ1n) is 8.54. The van der Waals surface area contributed by atoms with Gasteiger partial charge in [-0.15, -0.1) is 0 Å². The Balaban J connectivity index is 0. The predicted octanol–water partition coefficient (Wildman–Crippen LogP) is 1.85. The molecule has 2 aromatic carbocycles. The molecule has 0 heterocycles. The molecule has 0 amide bonds. The molecule has 2 aromatic rings. The molecular formula is C20H28Cu2N2O4+2. The number of hydrogen-bond acceptors (Lipinski definition) is 4. The minimum Gasteiger partial charge on any atom is -0.507 e. The second-order valence-electron chi connectivity index (χ2n) is 5.40. The average molecular weight is 488 g/mol. The van der Waals surface area contributed by atoms with Crippen LogP contribution in [0.25, 0.3) is 0 Å². The van der Waals surface area contributed by atoms with E-state index >= 15 is 0 Å². The molecule has 0 atom stereocenters. The van der Waals surface area contributed by atoms with Gasteiger partial charge in [-0.3, -0.25) is 9.98 Å².